The van der Waals surface area contributed by atoms with Crippen LogP contribution in [0.1, 0.15) is 76.7 Å². The third-order valence-corrected chi connectivity index (χ3v) is 8.23. The Labute approximate surface area is 267 Å². The third kappa shape index (κ3) is 10.1. The molecule has 0 spiro atoms. The lowest BCUT2D eigenvalue weighted by molar-refractivity contribution is -0.378. The van der Waals surface area contributed by atoms with Gasteiger partial charge in [-0.15, -0.1) is 5.92 Å². The molecule has 0 saturated heterocycles. The number of aliphatic hydroxyl groups excluding tert-OH is 1. The molecular formula is C35H51N6O4+. The Kier molecular flexibility index (Phi) is 13.1. The molecule has 3 amide bonds. The summed E-state index contributed by atoms with van der Waals surface area (Å²) in [6.07, 6.45) is 4.30. The second-order valence-corrected chi connectivity index (χ2v) is 12.7. The minimum atomic E-state index is -1.24. The molecule has 0 radical (unpaired) electrons. The zero-order chi connectivity index (χ0) is 33.0. The van der Waals surface area contributed by atoms with Crippen molar-refractivity contribution in [2.24, 2.45) is 11.3 Å². The largest absolute Gasteiger partial charge is 0.376 e. The first-order valence-electron chi connectivity index (χ1n) is 16.0. The van der Waals surface area contributed by atoms with Crippen LogP contribution in [0.15, 0.2) is 54.9 Å². The number of likely N-dealkylation sites (N-methyl/N-ethyl adjacent to an activating group) is 1. The molecule has 10 nitrogen and oxygen atoms in total. The van der Waals surface area contributed by atoms with E-state index >= 15 is 0 Å². The highest BCUT2D eigenvalue weighted by molar-refractivity contribution is 5.95. The molecule has 1 aliphatic rings. The van der Waals surface area contributed by atoms with Gasteiger partial charge < -0.3 is 26.4 Å². The van der Waals surface area contributed by atoms with Gasteiger partial charge in [0.15, 0.2) is 18.4 Å². The highest BCUT2D eigenvalue weighted by Gasteiger charge is 2.64. The number of benzene rings is 1. The lowest BCUT2D eigenvalue weighted by atomic mass is 9.86. The van der Waals surface area contributed by atoms with E-state index in [1.165, 1.54) is 0 Å². The molecule has 1 aromatic carbocycles. The number of hydrogen-bond acceptors (Lipinski definition) is 6. The van der Waals surface area contributed by atoms with Gasteiger partial charge in [-0.05, 0) is 43.1 Å². The maximum atomic E-state index is 13.8. The summed E-state index contributed by atoms with van der Waals surface area (Å²) in [6, 6.07) is 11.4. The first-order chi connectivity index (χ1) is 21.4. The van der Waals surface area contributed by atoms with Crippen molar-refractivity contribution in [1.29, 1.82) is 0 Å². The molecule has 2 aromatic rings. The Bertz CT molecular complexity index is 1320. The summed E-state index contributed by atoms with van der Waals surface area (Å²) >= 11 is 0. The van der Waals surface area contributed by atoms with Crippen molar-refractivity contribution in [3.05, 3.63) is 66.0 Å². The second-order valence-electron chi connectivity index (χ2n) is 12.7. The summed E-state index contributed by atoms with van der Waals surface area (Å²) in [6.45, 7) is 12.8. The number of rotatable bonds is 15. The van der Waals surface area contributed by atoms with Crippen LogP contribution in [-0.2, 0) is 16.0 Å². The van der Waals surface area contributed by atoms with E-state index in [4.69, 9.17) is 0 Å². The Hall–Kier alpha value is -3.78. The number of hydrogen-bond donors (Lipinski definition) is 6. The van der Waals surface area contributed by atoms with Crippen molar-refractivity contribution in [2.45, 2.75) is 97.1 Å². The molecule has 1 fully saturated rings. The van der Waals surface area contributed by atoms with E-state index in [2.05, 4.69) is 64.2 Å². The van der Waals surface area contributed by atoms with Crippen molar-refractivity contribution in [1.82, 2.24) is 26.6 Å². The van der Waals surface area contributed by atoms with Crippen molar-refractivity contribution in [3.8, 4) is 11.8 Å². The van der Waals surface area contributed by atoms with Crippen LogP contribution in [0.5, 0.6) is 0 Å². The molecular weight excluding hydrogens is 568 g/mol. The summed E-state index contributed by atoms with van der Waals surface area (Å²) in [4.78, 5) is 42.5. The minimum Gasteiger partial charge on any atom is -0.376 e. The van der Waals surface area contributed by atoms with Gasteiger partial charge in [-0.2, -0.15) is 0 Å². The van der Waals surface area contributed by atoms with Gasteiger partial charge in [0, 0.05) is 37.7 Å². The van der Waals surface area contributed by atoms with Crippen LogP contribution in [0, 0.1) is 23.2 Å². The van der Waals surface area contributed by atoms with Crippen molar-refractivity contribution in [2.75, 3.05) is 13.1 Å². The van der Waals surface area contributed by atoms with Gasteiger partial charge in [-0.25, -0.2) is 4.98 Å². The van der Waals surface area contributed by atoms with Crippen LogP contribution in [0.3, 0.4) is 0 Å². The van der Waals surface area contributed by atoms with Gasteiger partial charge in [0.1, 0.15) is 6.23 Å². The predicted octanol–water partition coefficient (Wildman–Crippen LogP) is 1.96. The number of carbonyl (C=O) groups is 3. The molecule has 244 valence electrons. The molecule has 45 heavy (non-hydrogen) atoms. The van der Waals surface area contributed by atoms with E-state index in [0.29, 0.717) is 44.3 Å². The quantitative estimate of drug-likeness (QED) is 0.133. The average molecular weight is 620 g/mol. The molecule has 0 bridgehead atoms. The maximum absolute atomic E-state index is 13.8. The SMILES string of the molecule is CCC#C[C@H](NC(O)C1(NC(=O)c2cc[nH+]cc2)CC1C(C)(C)C)C(=O)N[C@H](CN[C@@H](CC)C(=O)NCC)Cc1ccccc1. The molecule has 1 saturated carbocycles. The second kappa shape index (κ2) is 16.5. The van der Waals surface area contributed by atoms with E-state index in [1.807, 2.05) is 51.1 Å². The van der Waals surface area contributed by atoms with Crippen LogP contribution in [0.2, 0.25) is 0 Å². The fourth-order valence-electron chi connectivity index (χ4n) is 5.74. The molecule has 3 unspecified atom stereocenters. The van der Waals surface area contributed by atoms with E-state index in [9.17, 15) is 19.5 Å². The predicted molar refractivity (Wildman–Crippen MR) is 175 cm³/mol. The number of amides is 3. The van der Waals surface area contributed by atoms with Crippen LogP contribution in [0.25, 0.3) is 0 Å². The number of pyridine rings is 1. The summed E-state index contributed by atoms with van der Waals surface area (Å²) < 4.78 is 0. The van der Waals surface area contributed by atoms with Gasteiger partial charge in [0.2, 0.25) is 11.8 Å². The molecule has 10 heteroatoms. The van der Waals surface area contributed by atoms with Crippen molar-refractivity contribution >= 4 is 17.7 Å². The highest BCUT2D eigenvalue weighted by Crippen LogP contribution is 2.55. The topological polar surface area (TPSA) is 146 Å². The van der Waals surface area contributed by atoms with Gasteiger partial charge in [-0.3, -0.25) is 19.7 Å². The van der Waals surface area contributed by atoms with Gasteiger partial charge in [0.25, 0.3) is 5.91 Å². The molecule has 7 N–H and O–H groups in total. The number of nitrogens with one attached hydrogen (secondary N) is 6. The van der Waals surface area contributed by atoms with Crippen LogP contribution >= 0.6 is 0 Å². The van der Waals surface area contributed by atoms with Crippen LogP contribution in [-0.4, -0.2) is 65.8 Å². The van der Waals surface area contributed by atoms with E-state index in [0.717, 1.165) is 5.56 Å². The zero-order valence-electron chi connectivity index (χ0n) is 27.5. The lowest BCUT2D eigenvalue weighted by Crippen LogP contribution is -2.60. The third-order valence-electron chi connectivity index (χ3n) is 8.23. The van der Waals surface area contributed by atoms with E-state index in [1.54, 1.807) is 24.5 Å². The minimum absolute atomic E-state index is 0.0372. The average Bonchev–Trinajstić information content (AvgIpc) is 3.76. The molecule has 1 heterocycles. The number of carbonyl (C=O) groups excluding carboxylic acids is 3. The molecule has 6 atom stereocenters. The number of aromatic amines is 1. The number of aliphatic hydroxyl groups is 1. The Balaban J connectivity index is 1.81. The van der Waals surface area contributed by atoms with Crippen molar-refractivity contribution in [3.63, 3.8) is 0 Å². The zero-order valence-corrected chi connectivity index (χ0v) is 27.5. The fourth-order valence-corrected chi connectivity index (χ4v) is 5.74. The standard InChI is InChI=1S/C35H50N6O4/c1-7-10-16-28(40-33(45)35(22-29(35)34(4,5)6)41-30(42)25-17-19-36-20-18-25)32(44)39-26(21-24-14-12-11-13-15-24)23-38-27(8-2)31(43)37-9-3/h11-15,17-20,26-29,33,38,40,45H,7-9,21-23H2,1-6H3,(H,37,43)(H,39,44)(H,41,42)/p+1/t26-,27-,28-,29?,33?,35?/m0/s1. The van der Waals surface area contributed by atoms with Gasteiger partial charge in [-0.1, -0.05) is 70.9 Å². The van der Waals surface area contributed by atoms with E-state index < -0.39 is 29.8 Å². The highest BCUT2D eigenvalue weighted by atomic mass is 16.3. The van der Waals surface area contributed by atoms with Crippen molar-refractivity contribution < 1.29 is 24.5 Å². The maximum Gasteiger partial charge on any atom is 0.252 e. The van der Waals surface area contributed by atoms with Crippen LogP contribution < -0.4 is 31.6 Å². The first kappa shape index (κ1) is 35.7. The first-order valence-corrected chi connectivity index (χ1v) is 16.0. The fraction of sp³-hybridized carbons (Fsp3) is 0.543. The van der Waals surface area contributed by atoms with Gasteiger partial charge in [0.05, 0.1) is 17.1 Å². The lowest BCUT2D eigenvalue weighted by Gasteiger charge is -2.32. The molecule has 0 aliphatic heterocycles. The molecule has 1 aliphatic carbocycles. The van der Waals surface area contributed by atoms with Gasteiger partial charge >= 0.3 is 0 Å². The normalized spacial score (nSPS) is 20.0. The summed E-state index contributed by atoms with van der Waals surface area (Å²) in [7, 11) is 0. The monoisotopic (exact) mass is 619 g/mol. The Morgan fingerprint density at radius 3 is 2.31 bits per heavy atom. The Morgan fingerprint density at radius 1 is 1.04 bits per heavy atom. The summed E-state index contributed by atoms with van der Waals surface area (Å²) in [5.41, 5.74) is 0.313. The summed E-state index contributed by atoms with van der Waals surface area (Å²) in [5, 5.41) is 27.1. The number of aromatic nitrogens is 1. The molecule has 3 rings (SSSR count). The molecule has 1 aromatic heterocycles. The van der Waals surface area contributed by atoms with Crippen LogP contribution in [0.4, 0.5) is 0 Å². The smallest absolute Gasteiger partial charge is 0.252 e. The Morgan fingerprint density at radius 2 is 1.73 bits per heavy atom. The number of H-pyrrole nitrogens is 1. The van der Waals surface area contributed by atoms with E-state index in [-0.39, 0.29) is 29.2 Å². The summed E-state index contributed by atoms with van der Waals surface area (Å²) in [5.74, 6) is 5.15.